The molecule has 0 heterocycles. The summed E-state index contributed by atoms with van der Waals surface area (Å²) >= 11 is 0. The molecule has 0 saturated heterocycles. The zero-order valence-electron chi connectivity index (χ0n) is 11.1. The third-order valence-corrected chi connectivity index (χ3v) is 3.87. The van der Waals surface area contributed by atoms with Gasteiger partial charge in [0, 0.05) is 6.04 Å². The number of amides is 1. The fourth-order valence-electron chi connectivity index (χ4n) is 3.05. The van der Waals surface area contributed by atoms with Gasteiger partial charge in [0.05, 0.1) is 5.92 Å². The van der Waals surface area contributed by atoms with Gasteiger partial charge in [-0.25, -0.2) is 4.79 Å². The number of carbonyl (C=O) groups is 2. The van der Waals surface area contributed by atoms with Crippen molar-refractivity contribution in [1.82, 2.24) is 5.32 Å². The standard InChI is InChI=1S/C13H21NO4/c1-13(2,3)18-12(17)14-10-6-7-4-8(11(15)16)5-9(7)10/h7-10H,4-6H2,1-3H3,(H,14,17)(H,15,16). The fourth-order valence-corrected chi connectivity index (χ4v) is 3.05. The molecule has 0 aromatic heterocycles. The molecule has 0 aromatic carbocycles. The van der Waals surface area contributed by atoms with E-state index in [-0.39, 0.29) is 12.0 Å². The second kappa shape index (κ2) is 4.44. The average Bonchev–Trinajstić information content (AvgIpc) is 2.50. The number of hydrogen-bond donors (Lipinski definition) is 2. The van der Waals surface area contributed by atoms with E-state index in [0.717, 1.165) is 12.8 Å². The van der Waals surface area contributed by atoms with Crippen LogP contribution in [0.5, 0.6) is 0 Å². The van der Waals surface area contributed by atoms with Gasteiger partial charge in [-0.1, -0.05) is 0 Å². The topological polar surface area (TPSA) is 75.6 Å². The molecule has 102 valence electrons. The Morgan fingerprint density at radius 2 is 1.89 bits per heavy atom. The van der Waals surface area contributed by atoms with Gasteiger partial charge in [0.25, 0.3) is 0 Å². The number of aliphatic carboxylic acids is 1. The van der Waals surface area contributed by atoms with Gasteiger partial charge in [0.2, 0.25) is 0 Å². The minimum atomic E-state index is -0.708. The summed E-state index contributed by atoms with van der Waals surface area (Å²) in [6.45, 7) is 5.48. The maximum Gasteiger partial charge on any atom is 0.407 e. The van der Waals surface area contributed by atoms with Crippen molar-refractivity contribution in [2.75, 3.05) is 0 Å². The second-order valence-corrected chi connectivity index (χ2v) is 6.42. The predicted octanol–water partition coefficient (Wildman–Crippen LogP) is 2.01. The third-order valence-electron chi connectivity index (χ3n) is 3.87. The van der Waals surface area contributed by atoms with Crippen molar-refractivity contribution in [1.29, 1.82) is 0 Å². The number of carboxylic acid groups (broad SMARTS) is 1. The first-order chi connectivity index (χ1) is 8.26. The SMILES string of the molecule is CC(C)(C)OC(=O)NC1CC2CC(C(=O)O)CC21. The van der Waals surface area contributed by atoms with Crippen molar-refractivity contribution in [2.45, 2.75) is 51.7 Å². The van der Waals surface area contributed by atoms with Gasteiger partial charge < -0.3 is 15.2 Å². The molecule has 2 aliphatic rings. The summed E-state index contributed by atoms with van der Waals surface area (Å²) in [6, 6.07) is 0.0919. The Hall–Kier alpha value is -1.26. The molecule has 4 unspecified atom stereocenters. The van der Waals surface area contributed by atoms with Crippen LogP contribution in [-0.4, -0.2) is 28.8 Å². The number of nitrogens with one attached hydrogen (secondary N) is 1. The summed E-state index contributed by atoms with van der Waals surface area (Å²) in [5.41, 5.74) is -0.494. The van der Waals surface area contributed by atoms with Crippen LogP contribution in [0.1, 0.15) is 40.0 Å². The molecule has 0 radical (unpaired) electrons. The van der Waals surface area contributed by atoms with E-state index >= 15 is 0 Å². The van der Waals surface area contributed by atoms with Crippen LogP contribution in [0.4, 0.5) is 4.79 Å². The first-order valence-electron chi connectivity index (χ1n) is 6.48. The van der Waals surface area contributed by atoms with Crippen LogP contribution in [0.2, 0.25) is 0 Å². The van der Waals surface area contributed by atoms with Gasteiger partial charge in [-0.3, -0.25) is 4.79 Å². The molecule has 18 heavy (non-hydrogen) atoms. The lowest BCUT2D eigenvalue weighted by molar-refractivity contribution is -0.141. The Labute approximate surface area is 107 Å². The van der Waals surface area contributed by atoms with E-state index in [9.17, 15) is 9.59 Å². The average molecular weight is 255 g/mol. The first kappa shape index (κ1) is 13.2. The van der Waals surface area contributed by atoms with E-state index < -0.39 is 17.7 Å². The van der Waals surface area contributed by atoms with E-state index in [0.29, 0.717) is 18.3 Å². The molecule has 5 nitrogen and oxygen atoms in total. The molecule has 2 aliphatic carbocycles. The molecule has 2 N–H and O–H groups in total. The van der Waals surface area contributed by atoms with Gasteiger partial charge in [-0.15, -0.1) is 0 Å². The molecule has 5 heteroatoms. The monoisotopic (exact) mass is 255 g/mol. The molecule has 2 rings (SSSR count). The van der Waals surface area contributed by atoms with Crippen LogP contribution in [0, 0.1) is 17.8 Å². The molecule has 0 spiro atoms. The fraction of sp³-hybridized carbons (Fsp3) is 0.846. The highest BCUT2D eigenvalue weighted by Crippen LogP contribution is 2.49. The Bertz CT molecular complexity index is 360. The van der Waals surface area contributed by atoms with E-state index in [1.165, 1.54) is 0 Å². The highest BCUT2D eigenvalue weighted by Gasteiger charge is 2.50. The Morgan fingerprint density at radius 3 is 2.44 bits per heavy atom. The highest BCUT2D eigenvalue weighted by molar-refractivity contribution is 5.71. The molecular formula is C13H21NO4. The Kier molecular flexibility index (Phi) is 3.25. The van der Waals surface area contributed by atoms with E-state index in [2.05, 4.69) is 5.32 Å². The zero-order chi connectivity index (χ0) is 13.5. The van der Waals surface area contributed by atoms with Crippen LogP contribution >= 0.6 is 0 Å². The van der Waals surface area contributed by atoms with Crippen molar-refractivity contribution in [2.24, 2.45) is 17.8 Å². The number of alkyl carbamates (subject to hydrolysis) is 1. The molecular weight excluding hydrogens is 234 g/mol. The van der Waals surface area contributed by atoms with Gasteiger partial charge in [0.1, 0.15) is 5.60 Å². The largest absolute Gasteiger partial charge is 0.481 e. The van der Waals surface area contributed by atoms with Crippen molar-refractivity contribution in [3.05, 3.63) is 0 Å². The van der Waals surface area contributed by atoms with Gasteiger partial charge in [0.15, 0.2) is 0 Å². The molecule has 1 amide bonds. The number of carbonyl (C=O) groups excluding carboxylic acids is 1. The van der Waals surface area contributed by atoms with Crippen molar-refractivity contribution in [3.63, 3.8) is 0 Å². The van der Waals surface area contributed by atoms with Crippen LogP contribution < -0.4 is 5.32 Å². The number of carboxylic acids is 1. The molecule has 0 aromatic rings. The van der Waals surface area contributed by atoms with E-state index in [4.69, 9.17) is 9.84 Å². The quantitative estimate of drug-likeness (QED) is 0.791. The maximum atomic E-state index is 11.6. The Balaban J connectivity index is 1.81. The smallest absolute Gasteiger partial charge is 0.407 e. The normalized spacial score (nSPS) is 34.4. The number of rotatable bonds is 2. The van der Waals surface area contributed by atoms with Crippen molar-refractivity contribution in [3.8, 4) is 0 Å². The molecule has 2 saturated carbocycles. The number of ether oxygens (including phenoxy) is 1. The van der Waals surface area contributed by atoms with Crippen molar-refractivity contribution >= 4 is 12.1 Å². The molecule has 4 atom stereocenters. The highest BCUT2D eigenvalue weighted by atomic mass is 16.6. The van der Waals surface area contributed by atoms with Gasteiger partial charge >= 0.3 is 12.1 Å². The molecule has 0 aliphatic heterocycles. The second-order valence-electron chi connectivity index (χ2n) is 6.42. The minimum Gasteiger partial charge on any atom is -0.481 e. The van der Waals surface area contributed by atoms with Gasteiger partial charge in [-0.2, -0.15) is 0 Å². The summed E-state index contributed by atoms with van der Waals surface area (Å²) in [4.78, 5) is 22.5. The van der Waals surface area contributed by atoms with Gasteiger partial charge in [-0.05, 0) is 51.9 Å². The molecule has 2 fully saturated rings. The maximum absolute atomic E-state index is 11.6. The summed E-state index contributed by atoms with van der Waals surface area (Å²) in [5, 5.41) is 11.8. The summed E-state index contributed by atoms with van der Waals surface area (Å²) in [5.74, 6) is -0.157. The number of fused-ring (bicyclic) bond motifs is 1. The van der Waals surface area contributed by atoms with Crippen LogP contribution in [-0.2, 0) is 9.53 Å². The number of hydrogen-bond acceptors (Lipinski definition) is 3. The predicted molar refractivity (Wildman–Crippen MR) is 65.1 cm³/mol. The van der Waals surface area contributed by atoms with Crippen LogP contribution in [0.3, 0.4) is 0 Å². The summed E-state index contributed by atoms with van der Waals surface area (Å²) in [6.07, 6.45) is 1.92. The third kappa shape index (κ3) is 2.76. The Morgan fingerprint density at radius 1 is 1.22 bits per heavy atom. The molecule has 0 bridgehead atoms. The first-order valence-corrected chi connectivity index (χ1v) is 6.48. The lowest BCUT2D eigenvalue weighted by Gasteiger charge is -2.40. The summed E-state index contributed by atoms with van der Waals surface area (Å²) in [7, 11) is 0. The summed E-state index contributed by atoms with van der Waals surface area (Å²) < 4.78 is 5.20. The lowest BCUT2D eigenvalue weighted by Crippen LogP contribution is -2.51. The zero-order valence-corrected chi connectivity index (χ0v) is 11.1. The van der Waals surface area contributed by atoms with E-state index in [1.807, 2.05) is 20.8 Å². The minimum absolute atomic E-state index is 0.0919. The van der Waals surface area contributed by atoms with Crippen LogP contribution in [0.25, 0.3) is 0 Å². The van der Waals surface area contributed by atoms with E-state index in [1.54, 1.807) is 0 Å². The van der Waals surface area contributed by atoms with Crippen molar-refractivity contribution < 1.29 is 19.4 Å². The van der Waals surface area contributed by atoms with Crippen LogP contribution in [0.15, 0.2) is 0 Å². The lowest BCUT2D eigenvalue weighted by atomic mass is 9.71.